The van der Waals surface area contributed by atoms with Gasteiger partial charge in [-0.1, -0.05) is 35.9 Å². The molecule has 3 nitrogen and oxygen atoms in total. The topological polar surface area (TPSA) is 46.5 Å². The van der Waals surface area contributed by atoms with E-state index in [0.717, 1.165) is 22.4 Å². The van der Waals surface area contributed by atoms with E-state index in [1.54, 1.807) is 12.1 Å². The van der Waals surface area contributed by atoms with Crippen molar-refractivity contribution in [2.45, 2.75) is 20.8 Å². The smallest absolute Gasteiger partial charge is 0.335 e. The van der Waals surface area contributed by atoms with Gasteiger partial charge in [0.25, 0.3) is 0 Å². The minimum absolute atomic E-state index is 0.294. The summed E-state index contributed by atoms with van der Waals surface area (Å²) in [5.74, 6) is -0.0687. The van der Waals surface area contributed by atoms with Gasteiger partial charge in [0.2, 0.25) is 0 Å². The van der Waals surface area contributed by atoms with Crippen LogP contribution in [0.3, 0.4) is 0 Å². The van der Waals surface area contributed by atoms with E-state index in [4.69, 9.17) is 9.84 Å². The van der Waals surface area contributed by atoms with Gasteiger partial charge in [0.05, 0.1) is 5.56 Å². The molecule has 0 aliphatic heterocycles. The zero-order valence-corrected chi connectivity index (χ0v) is 14.2. The van der Waals surface area contributed by atoms with Crippen molar-refractivity contribution in [3.63, 3.8) is 0 Å². The Bertz CT molecular complexity index is 747. The fourth-order valence-corrected chi connectivity index (χ4v) is 2.17. The lowest BCUT2D eigenvalue weighted by molar-refractivity contribution is 0.0697. The van der Waals surface area contributed by atoms with Crippen LogP contribution in [0.2, 0.25) is 0 Å². The lowest BCUT2D eigenvalue weighted by atomic mass is 10.0. The number of allylic oxidation sites excluding steroid dienone is 2. The minimum atomic E-state index is -0.911. The second kappa shape index (κ2) is 8.16. The van der Waals surface area contributed by atoms with Crippen LogP contribution in [0.4, 0.5) is 0 Å². The van der Waals surface area contributed by atoms with Crippen LogP contribution in [0.15, 0.2) is 60.2 Å². The van der Waals surface area contributed by atoms with E-state index in [9.17, 15) is 4.79 Å². The van der Waals surface area contributed by atoms with Crippen LogP contribution in [0, 0.1) is 0 Å². The van der Waals surface area contributed by atoms with E-state index < -0.39 is 5.97 Å². The van der Waals surface area contributed by atoms with Crippen molar-refractivity contribution in [1.29, 1.82) is 0 Å². The van der Waals surface area contributed by atoms with E-state index in [2.05, 4.69) is 0 Å². The van der Waals surface area contributed by atoms with Gasteiger partial charge in [-0.2, -0.15) is 0 Å². The van der Waals surface area contributed by atoms with Gasteiger partial charge in [-0.25, -0.2) is 4.79 Å². The fraction of sp³-hybridized carbons (Fsp3) is 0.190. The van der Waals surface area contributed by atoms with Crippen LogP contribution in [-0.4, -0.2) is 17.7 Å². The molecule has 0 aromatic heterocycles. The quantitative estimate of drug-likeness (QED) is 0.580. The molecule has 0 saturated heterocycles. The number of ether oxygens (including phenoxy) is 1. The van der Waals surface area contributed by atoms with Gasteiger partial charge in [-0.3, -0.25) is 0 Å². The van der Waals surface area contributed by atoms with Gasteiger partial charge in [-0.05, 0) is 67.8 Å². The zero-order chi connectivity index (χ0) is 17.5. The molecule has 0 bridgehead atoms. The van der Waals surface area contributed by atoms with Crippen LogP contribution in [0.5, 0.6) is 5.75 Å². The Morgan fingerprint density at radius 3 is 2.08 bits per heavy atom. The molecule has 0 unspecified atom stereocenters. The van der Waals surface area contributed by atoms with Crippen molar-refractivity contribution in [1.82, 2.24) is 0 Å². The Kier molecular flexibility index (Phi) is 5.96. The highest BCUT2D eigenvalue weighted by molar-refractivity contribution is 5.88. The molecule has 2 aromatic rings. The number of carboxylic acids is 1. The van der Waals surface area contributed by atoms with E-state index >= 15 is 0 Å². The summed E-state index contributed by atoms with van der Waals surface area (Å²) in [7, 11) is 0. The molecular weight excluding hydrogens is 300 g/mol. The molecule has 0 aliphatic carbocycles. The number of hydrogen-bond donors (Lipinski definition) is 1. The molecule has 0 radical (unpaired) electrons. The molecule has 0 atom stereocenters. The lowest BCUT2D eigenvalue weighted by Crippen LogP contribution is -1.95. The van der Waals surface area contributed by atoms with Crippen LogP contribution in [0.25, 0.3) is 11.6 Å². The van der Waals surface area contributed by atoms with Gasteiger partial charge in [0, 0.05) is 0 Å². The second-order valence-electron chi connectivity index (χ2n) is 5.87. The van der Waals surface area contributed by atoms with Crippen molar-refractivity contribution in [2.75, 3.05) is 6.61 Å². The zero-order valence-electron chi connectivity index (χ0n) is 14.2. The van der Waals surface area contributed by atoms with Gasteiger partial charge in [0.1, 0.15) is 12.4 Å². The third-order valence-corrected chi connectivity index (χ3v) is 3.59. The fourth-order valence-electron chi connectivity index (χ4n) is 2.17. The van der Waals surface area contributed by atoms with Gasteiger partial charge < -0.3 is 9.84 Å². The summed E-state index contributed by atoms with van der Waals surface area (Å²) in [6, 6.07) is 14.8. The average molecular weight is 322 g/mol. The summed E-state index contributed by atoms with van der Waals surface area (Å²) in [5.41, 5.74) is 4.71. The number of hydrogen-bond acceptors (Lipinski definition) is 2. The maximum Gasteiger partial charge on any atom is 0.335 e. The Morgan fingerprint density at radius 1 is 0.958 bits per heavy atom. The summed E-state index contributed by atoms with van der Waals surface area (Å²) in [5, 5.41) is 8.92. The average Bonchev–Trinajstić information content (AvgIpc) is 2.55. The normalized spacial score (nSPS) is 11.0. The molecule has 2 aromatic carbocycles. The predicted molar refractivity (Wildman–Crippen MR) is 98.3 cm³/mol. The summed E-state index contributed by atoms with van der Waals surface area (Å²) in [6.07, 6.45) is 4.07. The maximum absolute atomic E-state index is 10.9. The Hall–Kier alpha value is -2.81. The second-order valence-corrected chi connectivity index (χ2v) is 5.87. The first-order valence-electron chi connectivity index (χ1n) is 7.84. The standard InChI is InChI=1S/C21H22O3/c1-15(2)12-13-24-20-10-8-18(9-11-20)16(3)14-17-4-6-19(7-5-17)21(22)23/h4-12,14H,13H2,1-3H3,(H,22,23)/b16-14+. The molecule has 0 heterocycles. The molecule has 124 valence electrons. The Morgan fingerprint density at radius 2 is 1.54 bits per heavy atom. The highest BCUT2D eigenvalue weighted by Crippen LogP contribution is 2.21. The lowest BCUT2D eigenvalue weighted by Gasteiger charge is -2.06. The molecule has 0 fully saturated rings. The number of carbonyl (C=O) groups is 1. The van der Waals surface area contributed by atoms with Crippen molar-refractivity contribution >= 4 is 17.6 Å². The van der Waals surface area contributed by atoms with E-state index in [1.807, 2.05) is 69.3 Å². The van der Waals surface area contributed by atoms with Gasteiger partial charge in [-0.15, -0.1) is 0 Å². The molecule has 1 N–H and O–H groups in total. The third kappa shape index (κ3) is 5.13. The largest absolute Gasteiger partial charge is 0.490 e. The third-order valence-electron chi connectivity index (χ3n) is 3.59. The number of aromatic carboxylic acids is 1. The number of benzene rings is 2. The highest BCUT2D eigenvalue weighted by Gasteiger charge is 2.02. The SMILES string of the molecule is CC(C)=CCOc1ccc(/C(C)=C/c2ccc(C(=O)O)cc2)cc1. The molecule has 3 heteroatoms. The number of rotatable bonds is 6. The molecule has 0 amide bonds. The highest BCUT2D eigenvalue weighted by atomic mass is 16.5. The predicted octanol–water partition coefficient (Wildman–Crippen LogP) is 5.29. The van der Waals surface area contributed by atoms with E-state index in [-0.39, 0.29) is 0 Å². The van der Waals surface area contributed by atoms with Crippen LogP contribution in [-0.2, 0) is 0 Å². The first-order valence-corrected chi connectivity index (χ1v) is 7.84. The molecule has 2 rings (SSSR count). The molecule has 0 aliphatic rings. The minimum Gasteiger partial charge on any atom is -0.490 e. The van der Waals surface area contributed by atoms with Crippen LogP contribution >= 0.6 is 0 Å². The van der Waals surface area contributed by atoms with Crippen molar-refractivity contribution in [3.8, 4) is 5.75 Å². The molecular formula is C21H22O3. The summed E-state index contributed by atoms with van der Waals surface area (Å²) < 4.78 is 5.65. The maximum atomic E-state index is 10.9. The first kappa shape index (κ1) is 17.5. The van der Waals surface area contributed by atoms with Crippen molar-refractivity contribution in [2.24, 2.45) is 0 Å². The van der Waals surface area contributed by atoms with E-state index in [0.29, 0.717) is 12.2 Å². The van der Waals surface area contributed by atoms with Crippen LogP contribution < -0.4 is 4.74 Å². The van der Waals surface area contributed by atoms with Crippen LogP contribution in [0.1, 0.15) is 42.3 Å². The Labute approximate surface area is 142 Å². The van der Waals surface area contributed by atoms with E-state index in [1.165, 1.54) is 5.57 Å². The molecule has 24 heavy (non-hydrogen) atoms. The number of carboxylic acid groups (broad SMARTS) is 1. The Balaban J connectivity index is 2.07. The summed E-state index contributed by atoms with van der Waals surface area (Å²) in [4.78, 5) is 10.9. The van der Waals surface area contributed by atoms with Crippen molar-refractivity contribution in [3.05, 3.63) is 76.9 Å². The van der Waals surface area contributed by atoms with Gasteiger partial charge in [0.15, 0.2) is 0 Å². The van der Waals surface area contributed by atoms with Crippen molar-refractivity contribution < 1.29 is 14.6 Å². The van der Waals surface area contributed by atoms with Gasteiger partial charge >= 0.3 is 5.97 Å². The monoisotopic (exact) mass is 322 g/mol. The molecule has 0 spiro atoms. The summed E-state index contributed by atoms with van der Waals surface area (Å²) >= 11 is 0. The first-order chi connectivity index (χ1) is 11.5. The summed E-state index contributed by atoms with van der Waals surface area (Å²) in [6.45, 7) is 6.70. The molecule has 0 saturated carbocycles.